The second-order valence-corrected chi connectivity index (χ2v) is 12.6. The molecule has 4 atom stereocenters. The molecule has 1 heterocycles. The molecule has 4 amide bonds. The molecule has 0 bridgehead atoms. The van der Waals surface area contributed by atoms with E-state index in [1.165, 1.54) is 12.0 Å². The monoisotopic (exact) mass is 550 g/mol. The second-order valence-electron chi connectivity index (χ2n) is 12.6. The number of aldehydes is 1. The highest BCUT2D eigenvalue weighted by Gasteiger charge is 2.46. The zero-order chi connectivity index (χ0) is 29.5. The Kier molecular flexibility index (Phi) is 11.1. The van der Waals surface area contributed by atoms with Crippen LogP contribution in [0.1, 0.15) is 86.5 Å². The number of nitrogens with zero attached hydrogens (tertiary/aromatic N) is 1. The van der Waals surface area contributed by atoms with Crippen LogP contribution >= 0.6 is 0 Å². The van der Waals surface area contributed by atoms with E-state index in [-0.39, 0.29) is 18.1 Å². The topological polar surface area (TPSA) is 151 Å². The lowest BCUT2D eigenvalue weighted by molar-refractivity contribution is -0.149. The molecule has 0 aromatic rings. The molecule has 2 rings (SSSR count). The number of carbonyl (C=O) groups excluding carboxylic acids is 6. The first-order valence-electron chi connectivity index (χ1n) is 13.9. The number of ether oxygens (including phenoxy) is 1. The Morgan fingerprint density at radius 1 is 1.05 bits per heavy atom. The summed E-state index contributed by atoms with van der Waals surface area (Å²) in [5, 5.41) is 8.24. The van der Waals surface area contributed by atoms with Gasteiger partial charge in [-0.05, 0) is 42.9 Å². The van der Waals surface area contributed by atoms with Crippen molar-refractivity contribution in [2.24, 2.45) is 17.3 Å². The van der Waals surface area contributed by atoms with E-state index in [2.05, 4.69) is 16.0 Å². The van der Waals surface area contributed by atoms with E-state index in [1.807, 2.05) is 41.5 Å². The lowest BCUT2D eigenvalue weighted by Gasteiger charge is -2.38. The average Bonchev–Trinajstić information content (AvgIpc) is 3.26. The first-order valence-corrected chi connectivity index (χ1v) is 13.9. The normalized spacial score (nSPS) is 22.4. The van der Waals surface area contributed by atoms with Crippen LogP contribution in [0, 0.1) is 17.3 Å². The van der Waals surface area contributed by atoms with E-state index in [0.717, 1.165) is 19.3 Å². The minimum absolute atomic E-state index is 0.00861. The van der Waals surface area contributed by atoms with E-state index in [1.54, 1.807) is 0 Å². The minimum Gasteiger partial charge on any atom is -0.467 e. The maximum atomic E-state index is 13.9. The molecule has 1 aliphatic heterocycles. The Labute approximate surface area is 231 Å². The summed E-state index contributed by atoms with van der Waals surface area (Å²) in [5.41, 5.74) is -1.87. The van der Waals surface area contributed by atoms with Gasteiger partial charge in [-0.25, -0.2) is 9.59 Å². The molecule has 39 heavy (non-hydrogen) atoms. The van der Waals surface area contributed by atoms with Crippen LogP contribution < -0.4 is 16.0 Å². The summed E-state index contributed by atoms with van der Waals surface area (Å²) in [7, 11) is 1.29. The molecule has 11 nitrogen and oxygen atoms in total. The average molecular weight is 551 g/mol. The van der Waals surface area contributed by atoms with Gasteiger partial charge < -0.3 is 25.6 Å². The van der Waals surface area contributed by atoms with Gasteiger partial charge in [-0.1, -0.05) is 60.8 Å². The Bertz CT molecular complexity index is 937. The van der Waals surface area contributed by atoms with Crippen molar-refractivity contribution in [3.05, 3.63) is 0 Å². The third kappa shape index (κ3) is 8.25. The van der Waals surface area contributed by atoms with Crippen molar-refractivity contribution >= 4 is 35.9 Å². The molecular weight excluding hydrogens is 504 g/mol. The molecule has 0 radical (unpaired) electrons. The number of hydrogen-bond donors (Lipinski definition) is 3. The van der Waals surface area contributed by atoms with Crippen LogP contribution in [0.15, 0.2) is 0 Å². The Hall–Kier alpha value is -2.98. The van der Waals surface area contributed by atoms with Crippen molar-refractivity contribution in [2.75, 3.05) is 13.7 Å². The van der Waals surface area contributed by atoms with Crippen molar-refractivity contribution < 1.29 is 33.5 Å². The van der Waals surface area contributed by atoms with Crippen LogP contribution in [0.2, 0.25) is 0 Å². The van der Waals surface area contributed by atoms with Gasteiger partial charge in [0.05, 0.1) is 13.2 Å². The van der Waals surface area contributed by atoms with Crippen LogP contribution in [0.4, 0.5) is 4.79 Å². The van der Waals surface area contributed by atoms with E-state index in [0.29, 0.717) is 32.2 Å². The smallest absolute Gasteiger partial charge is 0.331 e. The Morgan fingerprint density at radius 2 is 1.67 bits per heavy atom. The van der Waals surface area contributed by atoms with E-state index < -0.39 is 58.7 Å². The number of carbonyl (C=O) groups is 6. The molecule has 4 unspecified atom stereocenters. The summed E-state index contributed by atoms with van der Waals surface area (Å²) in [5.74, 6) is -2.09. The quantitative estimate of drug-likeness (QED) is 0.214. The van der Waals surface area contributed by atoms with E-state index in [4.69, 9.17) is 4.74 Å². The maximum absolute atomic E-state index is 13.9. The fraction of sp³-hybridized carbons (Fsp3) is 0.786. The van der Waals surface area contributed by atoms with Crippen LogP contribution in [-0.2, 0) is 28.7 Å². The third-order valence-corrected chi connectivity index (χ3v) is 7.60. The molecule has 2 aliphatic rings. The van der Waals surface area contributed by atoms with Gasteiger partial charge in [0.15, 0.2) is 6.29 Å². The summed E-state index contributed by atoms with van der Waals surface area (Å²) in [6, 6.07) is -3.47. The number of amides is 4. The Balaban J connectivity index is 2.25. The van der Waals surface area contributed by atoms with Crippen molar-refractivity contribution in [2.45, 2.75) is 110 Å². The lowest BCUT2D eigenvalue weighted by atomic mass is 9.81. The summed E-state index contributed by atoms with van der Waals surface area (Å²) in [6.45, 7) is 11.4. The van der Waals surface area contributed by atoms with Gasteiger partial charge in [0.1, 0.15) is 17.6 Å². The van der Waals surface area contributed by atoms with Crippen LogP contribution in [-0.4, -0.2) is 78.1 Å². The molecule has 0 aromatic heterocycles. The van der Waals surface area contributed by atoms with Gasteiger partial charge in [-0.3, -0.25) is 19.2 Å². The predicted molar refractivity (Wildman–Crippen MR) is 144 cm³/mol. The molecule has 2 fully saturated rings. The number of likely N-dealkylation sites (tertiary alicyclic amines) is 1. The van der Waals surface area contributed by atoms with Gasteiger partial charge in [-0.15, -0.1) is 0 Å². The van der Waals surface area contributed by atoms with E-state index >= 15 is 0 Å². The van der Waals surface area contributed by atoms with Crippen molar-refractivity contribution in [1.29, 1.82) is 0 Å². The summed E-state index contributed by atoms with van der Waals surface area (Å²) < 4.78 is 4.98. The third-order valence-electron chi connectivity index (χ3n) is 7.60. The van der Waals surface area contributed by atoms with Gasteiger partial charge >= 0.3 is 12.0 Å². The minimum atomic E-state index is -1.15. The molecule has 0 aromatic carbocycles. The Morgan fingerprint density at radius 3 is 2.18 bits per heavy atom. The van der Waals surface area contributed by atoms with Crippen molar-refractivity contribution in [3.8, 4) is 0 Å². The fourth-order valence-electron chi connectivity index (χ4n) is 5.54. The van der Waals surface area contributed by atoms with Gasteiger partial charge in [0.2, 0.25) is 17.6 Å². The first kappa shape index (κ1) is 32.2. The number of methoxy groups -OCH3 is 1. The lowest BCUT2D eigenvalue weighted by Crippen LogP contribution is -2.63. The zero-order valence-electron chi connectivity index (χ0n) is 24.4. The number of hydrogen-bond acceptors (Lipinski definition) is 7. The van der Waals surface area contributed by atoms with Crippen LogP contribution in [0.5, 0.6) is 0 Å². The largest absolute Gasteiger partial charge is 0.467 e. The van der Waals surface area contributed by atoms with Gasteiger partial charge in [-0.2, -0.15) is 0 Å². The molecule has 3 N–H and O–H groups in total. The summed E-state index contributed by atoms with van der Waals surface area (Å²) >= 11 is 0. The highest BCUT2D eigenvalue weighted by atomic mass is 16.5. The van der Waals surface area contributed by atoms with Crippen molar-refractivity contribution in [1.82, 2.24) is 20.9 Å². The highest BCUT2D eigenvalue weighted by molar-refractivity contribution is 6.28. The number of ketones is 1. The number of rotatable bonds is 10. The number of urea groups is 1. The van der Waals surface area contributed by atoms with Gasteiger partial charge in [0, 0.05) is 6.54 Å². The molecule has 1 saturated heterocycles. The molecular formula is C28H46N4O7. The zero-order valence-corrected chi connectivity index (χ0v) is 24.4. The predicted octanol–water partition coefficient (Wildman–Crippen LogP) is 2.11. The molecule has 1 aliphatic carbocycles. The summed E-state index contributed by atoms with van der Waals surface area (Å²) in [6.07, 6.45) is 4.28. The molecule has 220 valence electrons. The van der Waals surface area contributed by atoms with Crippen LogP contribution in [0.25, 0.3) is 0 Å². The SMILES string of the molecule is COC(=O)C1(NC(=O)NC(C(=O)N2CC(C)CC2C(=O)NC(CC(C)C)C(=O)C=O)C(C)(C)C)CCCCC1. The first-order chi connectivity index (χ1) is 18.1. The summed E-state index contributed by atoms with van der Waals surface area (Å²) in [4.78, 5) is 77.7. The highest BCUT2D eigenvalue weighted by Crippen LogP contribution is 2.31. The molecule has 11 heteroatoms. The molecule has 0 spiro atoms. The number of esters is 1. The number of nitrogens with one attached hydrogen (secondary N) is 3. The maximum Gasteiger partial charge on any atom is 0.331 e. The molecule has 1 saturated carbocycles. The van der Waals surface area contributed by atoms with Gasteiger partial charge in [0.25, 0.3) is 0 Å². The fourth-order valence-corrected chi connectivity index (χ4v) is 5.54. The van der Waals surface area contributed by atoms with E-state index in [9.17, 15) is 28.8 Å². The van der Waals surface area contributed by atoms with Crippen molar-refractivity contribution in [3.63, 3.8) is 0 Å². The second kappa shape index (κ2) is 13.4. The van der Waals surface area contributed by atoms with Crippen LogP contribution in [0.3, 0.4) is 0 Å². The number of Topliss-reactive ketones (excluding diaryl/α,β-unsaturated/α-hetero) is 1. The standard InChI is InChI=1S/C28H46N4O7/c1-17(2)13-19(21(34)16-33)29-23(35)20-14-18(3)15-32(20)24(36)22(27(4,5)6)30-26(38)31-28(25(37)39-7)11-9-8-10-12-28/h16-20,22H,8-15H2,1-7H3,(H,29,35)(H2,30,31,38).